The number of hydrogen-bond acceptors (Lipinski definition) is 3. The first-order valence-corrected chi connectivity index (χ1v) is 8.56. The fraction of sp³-hybridized carbons (Fsp3) is 0.938. The monoisotopic (exact) mass is 279 g/mol. The maximum Gasteiger partial charge on any atom is 0.236 e. The van der Waals surface area contributed by atoms with Crippen LogP contribution in [0.5, 0.6) is 0 Å². The summed E-state index contributed by atoms with van der Waals surface area (Å²) in [5.41, 5.74) is 0. The molecule has 0 aliphatic carbocycles. The number of likely N-dealkylation sites (tertiary alicyclic amines) is 2. The van der Waals surface area contributed by atoms with Crippen LogP contribution < -0.4 is 5.32 Å². The van der Waals surface area contributed by atoms with Crippen molar-refractivity contribution in [1.82, 2.24) is 15.1 Å². The van der Waals surface area contributed by atoms with Gasteiger partial charge in [0.15, 0.2) is 0 Å². The topological polar surface area (TPSA) is 35.6 Å². The molecule has 0 aromatic carbocycles. The lowest BCUT2D eigenvalue weighted by atomic mass is 9.85. The molecule has 3 saturated heterocycles. The van der Waals surface area contributed by atoms with Gasteiger partial charge in [0, 0.05) is 19.1 Å². The predicted octanol–water partition coefficient (Wildman–Crippen LogP) is 1.46. The number of rotatable bonds is 3. The zero-order chi connectivity index (χ0) is 13.8. The van der Waals surface area contributed by atoms with Crippen LogP contribution in [0.2, 0.25) is 0 Å². The second kappa shape index (κ2) is 6.90. The van der Waals surface area contributed by atoms with Crippen molar-refractivity contribution in [2.45, 2.75) is 51.0 Å². The zero-order valence-electron chi connectivity index (χ0n) is 12.6. The summed E-state index contributed by atoms with van der Waals surface area (Å²) in [6, 6.07) is 0.750. The third kappa shape index (κ3) is 3.53. The van der Waals surface area contributed by atoms with Gasteiger partial charge < -0.3 is 10.2 Å². The highest BCUT2D eigenvalue weighted by Crippen LogP contribution is 2.25. The summed E-state index contributed by atoms with van der Waals surface area (Å²) in [6.45, 7) is 6.07. The van der Waals surface area contributed by atoms with Gasteiger partial charge >= 0.3 is 0 Å². The second-order valence-electron chi connectivity index (χ2n) is 6.76. The van der Waals surface area contributed by atoms with Crippen molar-refractivity contribution >= 4 is 5.91 Å². The number of hydrogen-bond donors (Lipinski definition) is 1. The van der Waals surface area contributed by atoms with E-state index in [1.165, 1.54) is 51.5 Å². The number of nitrogens with zero attached hydrogens (tertiary/aromatic N) is 2. The van der Waals surface area contributed by atoms with Gasteiger partial charge in [0.2, 0.25) is 5.91 Å². The third-order valence-corrected chi connectivity index (χ3v) is 5.37. The molecular weight excluding hydrogens is 250 g/mol. The molecule has 1 amide bonds. The van der Waals surface area contributed by atoms with Crippen molar-refractivity contribution in [3.63, 3.8) is 0 Å². The lowest BCUT2D eigenvalue weighted by molar-refractivity contribution is -0.131. The Balaban J connectivity index is 1.40. The predicted molar refractivity (Wildman–Crippen MR) is 80.6 cm³/mol. The molecule has 0 saturated carbocycles. The van der Waals surface area contributed by atoms with Crippen LogP contribution in [0.25, 0.3) is 0 Å². The number of amides is 1. The minimum Gasteiger partial charge on any atom is -0.342 e. The Morgan fingerprint density at radius 1 is 0.950 bits per heavy atom. The van der Waals surface area contributed by atoms with Crippen LogP contribution in [0.1, 0.15) is 44.9 Å². The Morgan fingerprint density at radius 3 is 2.35 bits per heavy atom. The molecule has 4 heteroatoms. The van der Waals surface area contributed by atoms with Crippen molar-refractivity contribution in [2.24, 2.45) is 5.92 Å². The highest BCUT2D eigenvalue weighted by molar-refractivity contribution is 5.78. The minimum absolute atomic E-state index is 0.358. The molecule has 0 bridgehead atoms. The van der Waals surface area contributed by atoms with Crippen molar-refractivity contribution in [3.8, 4) is 0 Å². The fourth-order valence-corrected chi connectivity index (χ4v) is 4.05. The number of piperidine rings is 2. The Bertz CT molecular complexity index is 314. The SMILES string of the molecule is O=C(CN1CCC(C2CCCCN2)CC1)N1CCCC1. The van der Waals surface area contributed by atoms with E-state index in [1.54, 1.807) is 0 Å². The van der Waals surface area contributed by atoms with E-state index < -0.39 is 0 Å². The second-order valence-corrected chi connectivity index (χ2v) is 6.76. The van der Waals surface area contributed by atoms with Crippen LogP contribution in [-0.4, -0.2) is 61.0 Å². The van der Waals surface area contributed by atoms with Crippen LogP contribution >= 0.6 is 0 Å². The summed E-state index contributed by atoms with van der Waals surface area (Å²) in [5.74, 6) is 1.20. The van der Waals surface area contributed by atoms with Gasteiger partial charge in [-0.25, -0.2) is 0 Å². The molecule has 1 N–H and O–H groups in total. The van der Waals surface area contributed by atoms with Gasteiger partial charge in [0.05, 0.1) is 6.54 Å². The normalized spacial score (nSPS) is 29.8. The van der Waals surface area contributed by atoms with E-state index in [1.807, 2.05) is 0 Å². The lowest BCUT2D eigenvalue weighted by Gasteiger charge is -2.38. The van der Waals surface area contributed by atoms with E-state index in [9.17, 15) is 4.79 Å². The molecule has 4 nitrogen and oxygen atoms in total. The maximum atomic E-state index is 12.2. The smallest absolute Gasteiger partial charge is 0.236 e. The summed E-state index contributed by atoms with van der Waals surface area (Å²) < 4.78 is 0. The van der Waals surface area contributed by atoms with E-state index in [0.717, 1.165) is 38.1 Å². The summed E-state index contributed by atoms with van der Waals surface area (Å²) in [7, 11) is 0. The quantitative estimate of drug-likeness (QED) is 0.849. The highest BCUT2D eigenvalue weighted by atomic mass is 16.2. The average Bonchev–Trinajstić information content (AvgIpc) is 3.03. The van der Waals surface area contributed by atoms with Crippen LogP contribution in [0, 0.1) is 5.92 Å². The van der Waals surface area contributed by atoms with E-state index in [2.05, 4.69) is 15.1 Å². The van der Waals surface area contributed by atoms with Crippen LogP contribution in [-0.2, 0) is 4.79 Å². The largest absolute Gasteiger partial charge is 0.342 e. The Kier molecular flexibility index (Phi) is 4.94. The van der Waals surface area contributed by atoms with E-state index >= 15 is 0 Å². The first kappa shape index (κ1) is 14.3. The molecule has 1 unspecified atom stereocenters. The molecule has 3 aliphatic rings. The van der Waals surface area contributed by atoms with Gasteiger partial charge in [0.1, 0.15) is 0 Å². The molecule has 0 aromatic rings. The Hall–Kier alpha value is -0.610. The molecular formula is C16H29N3O. The first-order valence-electron chi connectivity index (χ1n) is 8.56. The van der Waals surface area contributed by atoms with Crippen LogP contribution in [0.3, 0.4) is 0 Å². The number of carbonyl (C=O) groups is 1. The molecule has 0 radical (unpaired) electrons. The molecule has 3 aliphatic heterocycles. The van der Waals surface area contributed by atoms with Crippen molar-refractivity contribution < 1.29 is 4.79 Å². The molecule has 20 heavy (non-hydrogen) atoms. The average molecular weight is 279 g/mol. The van der Waals surface area contributed by atoms with Gasteiger partial charge in [-0.05, 0) is 64.1 Å². The van der Waals surface area contributed by atoms with Gasteiger partial charge in [0.25, 0.3) is 0 Å². The van der Waals surface area contributed by atoms with Gasteiger partial charge in [-0.1, -0.05) is 6.42 Å². The summed E-state index contributed by atoms with van der Waals surface area (Å²) in [4.78, 5) is 16.6. The van der Waals surface area contributed by atoms with Crippen LogP contribution in [0.4, 0.5) is 0 Å². The molecule has 3 heterocycles. The van der Waals surface area contributed by atoms with E-state index in [-0.39, 0.29) is 0 Å². The number of nitrogens with one attached hydrogen (secondary N) is 1. The van der Waals surface area contributed by atoms with E-state index in [0.29, 0.717) is 12.5 Å². The minimum atomic E-state index is 0.358. The van der Waals surface area contributed by atoms with Crippen LogP contribution in [0.15, 0.2) is 0 Å². The molecule has 3 fully saturated rings. The summed E-state index contributed by atoms with van der Waals surface area (Å²) in [5, 5.41) is 3.70. The lowest BCUT2D eigenvalue weighted by Crippen LogP contribution is -2.47. The van der Waals surface area contributed by atoms with Gasteiger partial charge in [-0.15, -0.1) is 0 Å². The fourth-order valence-electron chi connectivity index (χ4n) is 4.05. The van der Waals surface area contributed by atoms with Crippen molar-refractivity contribution in [2.75, 3.05) is 39.3 Å². The molecule has 0 spiro atoms. The van der Waals surface area contributed by atoms with Crippen molar-refractivity contribution in [3.05, 3.63) is 0 Å². The summed E-state index contributed by atoms with van der Waals surface area (Å²) in [6.07, 6.45) is 9.03. The molecule has 1 atom stereocenters. The first-order chi connectivity index (χ1) is 9.83. The van der Waals surface area contributed by atoms with Gasteiger partial charge in [-0.3, -0.25) is 9.69 Å². The van der Waals surface area contributed by atoms with E-state index in [4.69, 9.17) is 0 Å². The molecule has 0 aromatic heterocycles. The summed E-state index contributed by atoms with van der Waals surface area (Å²) >= 11 is 0. The third-order valence-electron chi connectivity index (χ3n) is 5.37. The van der Waals surface area contributed by atoms with Gasteiger partial charge in [-0.2, -0.15) is 0 Å². The zero-order valence-corrected chi connectivity index (χ0v) is 12.6. The molecule has 3 rings (SSSR count). The van der Waals surface area contributed by atoms with Crippen molar-refractivity contribution in [1.29, 1.82) is 0 Å². The Labute approximate surface area is 122 Å². The standard InChI is InChI=1S/C16H29N3O/c20-16(19-9-3-4-10-19)13-18-11-6-14(7-12-18)15-5-1-2-8-17-15/h14-15,17H,1-13H2. The number of carbonyl (C=O) groups excluding carboxylic acids is 1. The Morgan fingerprint density at radius 2 is 1.70 bits per heavy atom. The highest BCUT2D eigenvalue weighted by Gasteiger charge is 2.29. The molecule has 114 valence electrons. The maximum absolute atomic E-state index is 12.2.